The van der Waals surface area contributed by atoms with Crippen molar-refractivity contribution in [1.29, 1.82) is 0 Å². The highest BCUT2D eigenvalue weighted by atomic mass is 32.1. The Morgan fingerprint density at radius 2 is 1.79 bits per heavy atom. The van der Waals surface area contributed by atoms with Crippen molar-refractivity contribution in [3.05, 3.63) is 35.4 Å². The number of nitrogens with two attached hydrogens (primary N) is 1. The number of thiocarbonyl (C=S) groups is 1. The summed E-state index contributed by atoms with van der Waals surface area (Å²) in [4.78, 5) is 15.0. The highest BCUT2D eigenvalue weighted by molar-refractivity contribution is 7.80. The summed E-state index contributed by atoms with van der Waals surface area (Å²) in [5, 5.41) is 0. The number of amides is 1. The van der Waals surface area contributed by atoms with Crippen LogP contribution in [0.2, 0.25) is 0 Å². The van der Waals surface area contributed by atoms with Gasteiger partial charge in [0, 0.05) is 23.7 Å². The number of benzene rings is 1. The summed E-state index contributed by atoms with van der Waals surface area (Å²) in [7, 11) is 0. The molecule has 2 N–H and O–H groups in total. The van der Waals surface area contributed by atoms with Gasteiger partial charge in [0.1, 0.15) is 4.99 Å². The average molecular weight is 274 g/mol. The number of likely N-dealkylation sites (tertiary alicyclic amines) is 1. The van der Waals surface area contributed by atoms with Gasteiger partial charge in [0.15, 0.2) is 0 Å². The number of hydrogen-bond donors (Lipinski definition) is 1. The van der Waals surface area contributed by atoms with E-state index in [2.05, 4.69) is 4.90 Å². The van der Waals surface area contributed by atoms with E-state index in [-0.39, 0.29) is 5.91 Å². The van der Waals surface area contributed by atoms with E-state index < -0.39 is 0 Å². The second-order valence-corrected chi connectivity index (χ2v) is 5.93. The van der Waals surface area contributed by atoms with Gasteiger partial charge in [-0.2, -0.15) is 0 Å². The molecule has 2 aliphatic rings. The fraction of sp³-hybridized carbons (Fsp3) is 0.467. The van der Waals surface area contributed by atoms with E-state index in [1.807, 2.05) is 24.3 Å². The highest BCUT2D eigenvalue weighted by Gasteiger charge is 2.40. The van der Waals surface area contributed by atoms with E-state index in [0.717, 1.165) is 30.0 Å². The smallest absolute Gasteiger partial charge is 0.254 e. The van der Waals surface area contributed by atoms with Crippen LogP contribution in [-0.2, 0) is 0 Å². The number of hydrogen-bond acceptors (Lipinski definition) is 2. The Kier molecular flexibility index (Phi) is 3.27. The molecule has 2 fully saturated rings. The molecule has 0 spiro atoms. The van der Waals surface area contributed by atoms with Gasteiger partial charge in [-0.15, -0.1) is 0 Å². The molecule has 3 nitrogen and oxygen atoms in total. The first-order valence-corrected chi connectivity index (χ1v) is 7.28. The van der Waals surface area contributed by atoms with Crippen LogP contribution >= 0.6 is 12.2 Å². The van der Waals surface area contributed by atoms with E-state index >= 15 is 0 Å². The van der Waals surface area contributed by atoms with Crippen molar-refractivity contribution < 1.29 is 4.79 Å². The largest absolute Gasteiger partial charge is 0.389 e. The van der Waals surface area contributed by atoms with Crippen molar-refractivity contribution in [2.75, 3.05) is 6.54 Å². The number of carbonyl (C=O) groups is 1. The molecule has 0 bridgehead atoms. The first kappa shape index (κ1) is 12.6. The summed E-state index contributed by atoms with van der Waals surface area (Å²) >= 11 is 4.92. The zero-order valence-corrected chi connectivity index (χ0v) is 11.7. The molecule has 0 radical (unpaired) electrons. The zero-order chi connectivity index (χ0) is 13.4. The Labute approximate surface area is 118 Å². The minimum Gasteiger partial charge on any atom is -0.389 e. The quantitative estimate of drug-likeness (QED) is 0.861. The fourth-order valence-corrected chi connectivity index (χ4v) is 3.09. The third-order valence-electron chi connectivity index (χ3n) is 4.14. The summed E-state index contributed by atoms with van der Waals surface area (Å²) in [5.41, 5.74) is 7.12. The Bertz CT molecular complexity index is 507. The van der Waals surface area contributed by atoms with Gasteiger partial charge in [-0.1, -0.05) is 24.4 Å². The normalized spacial score (nSPS) is 22.5. The molecule has 4 heteroatoms. The monoisotopic (exact) mass is 274 g/mol. The maximum absolute atomic E-state index is 12.5. The SMILES string of the molecule is NC(=S)c1ccc(C(=O)N2CCCC2C2CC2)cc1. The van der Waals surface area contributed by atoms with E-state index in [9.17, 15) is 4.79 Å². The maximum Gasteiger partial charge on any atom is 0.254 e. The van der Waals surface area contributed by atoms with Gasteiger partial charge in [-0.05, 0) is 43.7 Å². The molecule has 1 aromatic carbocycles. The van der Waals surface area contributed by atoms with Crippen LogP contribution in [0.15, 0.2) is 24.3 Å². The molecular formula is C15H18N2OS. The standard InChI is InChI=1S/C15H18N2OS/c16-14(19)11-5-7-12(8-6-11)15(18)17-9-1-2-13(17)10-3-4-10/h5-8,10,13H,1-4,9H2,(H2,16,19). The topological polar surface area (TPSA) is 46.3 Å². The lowest BCUT2D eigenvalue weighted by molar-refractivity contribution is 0.0721. The second kappa shape index (κ2) is 4.93. The van der Waals surface area contributed by atoms with Crippen LogP contribution < -0.4 is 5.73 Å². The molecular weight excluding hydrogens is 256 g/mol. The van der Waals surface area contributed by atoms with Crippen LogP contribution in [0.5, 0.6) is 0 Å². The van der Waals surface area contributed by atoms with E-state index in [4.69, 9.17) is 18.0 Å². The molecule has 1 amide bonds. The lowest BCUT2D eigenvalue weighted by Gasteiger charge is -2.24. The van der Waals surface area contributed by atoms with Crippen LogP contribution in [-0.4, -0.2) is 28.4 Å². The van der Waals surface area contributed by atoms with Crippen molar-refractivity contribution in [3.8, 4) is 0 Å². The van der Waals surface area contributed by atoms with Crippen molar-refractivity contribution >= 4 is 23.1 Å². The first-order chi connectivity index (χ1) is 9.16. The molecule has 1 atom stereocenters. The lowest BCUT2D eigenvalue weighted by atomic mass is 10.1. The Morgan fingerprint density at radius 3 is 2.37 bits per heavy atom. The third-order valence-corrected chi connectivity index (χ3v) is 4.38. The molecule has 19 heavy (non-hydrogen) atoms. The Hall–Kier alpha value is -1.42. The Morgan fingerprint density at radius 1 is 1.16 bits per heavy atom. The highest BCUT2D eigenvalue weighted by Crippen LogP contribution is 2.40. The van der Waals surface area contributed by atoms with Crippen molar-refractivity contribution in [2.24, 2.45) is 11.7 Å². The summed E-state index contributed by atoms with van der Waals surface area (Å²) in [6.07, 6.45) is 4.88. The minimum atomic E-state index is 0.156. The predicted molar refractivity (Wildman–Crippen MR) is 79.1 cm³/mol. The summed E-state index contributed by atoms with van der Waals surface area (Å²) in [5.74, 6) is 0.909. The third kappa shape index (κ3) is 2.50. The van der Waals surface area contributed by atoms with Crippen LogP contribution in [0.1, 0.15) is 41.6 Å². The van der Waals surface area contributed by atoms with E-state index in [0.29, 0.717) is 11.0 Å². The van der Waals surface area contributed by atoms with Gasteiger partial charge in [0.25, 0.3) is 5.91 Å². The van der Waals surface area contributed by atoms with E-state index in [1.54, 1.807) is 0 Å². The first-order valence-electron chi connectivity index (χ1n) is 6.87. The molecule has 100 valence electrons. The molecule has 3 rings (SSSR count). The van der Waals surface area contributed by atoms with Crippen molar-refractivity contribution in [3.63, 3.8) is 0 Å². The predicted octanol–water partition coefficient (Wildman–Crippen LogP) is 2.34. The molecule has 1 aliphatic carbocycles. The molecule has 1 heterocycles. The van der Waals surface area contributed by atoms with Gasteiger partial charge in [-0.3, -0.25) is 4.79 Å². The maximum atomic E-state index is 12.5. The zero-order valence-electron chi connectivity index (χ0n) is 10.8. The van der Waals surface area contributed by atoms with Gasteiger partial charge in [-0.25, -0.2) is 0 Å². The summed E-state index contributed by atoms with van der Waals surface area (Å²) in [6, 6.07) is 7.80. The number of rotatable bonds is 3. The van der Waals surface area contributed by atoms with Crippen LogP contribution in [0.4, 0.5) is 0 Å². The molecule has 0 aromatic heterocycles. The molecule has 1 aromatic rings. The number of carbonyl (C=O) groups excluding carboxylic acids is 1. The fourth-order valence-electron chi connectivity index (χ4n) is 2.96. The Balaban J connectivity index is 1.77. The van der Waals surface area contributed by atoms with Gasteiger partial charge in [0.2, 0.25) is 0 Å². The van der Waals surface area contributed by atoms with Gasteiger partial charge < -0.3 is 10.6 Å². The van der Waals surface area contributed by atoms with Crippen LogP contribution in [0, 0.1) is 5.92 Å². The molecule has 1 aliphatic heterocycles. The van der Waals surface area contributed by atoms with Crippen LogP contribution in [0.3, 0.4) is 0 Å². The summed E-state index contributed by atoms with van der Waals surface area (Å²) in [6.45, 7) is 0.900. The molecule has 1 saturated heterocycles. The van der Waals surface area contributed by atoms with E-state index in [1.165, 1.54) is 19.3 Å². The van der Waals surface area contributed by atoms with Gasteiger partial charge in [0.05, 0.1) is 0 Å². The number of nitrogens with zero attached hydrogens (tertiary/aromatic N) is 1. The van der Waals surface area contributed by atoms with Crippen LogP contribution in [0.25, 0.3) is 0 Å². The second-order valence-electron chi connectivity index (χ2n) is 5.49. The minimum absolute atomic E-state index is 0.156. The lowest BCUT2D eigenvalue weighted by Crippen LogP contribution is -2.36. The molecule has 1 saturated carbocycles. The van der Waals surface area contributed by atoms with Crippen molar-refractivity contribution in [1.82, 2.24) is 4.90 Å². The van der Waals surface area contributed by atoms with Crippen molar-refractivity contribution in [2.45, 2.75) is 31.7 Å². The average Bonchev–Trinajstić information content (AvgIpc) is 3.15. The molecule has 1 unspecified atom stereocenters. The summed E-state index contributed by atoms with van der Waals surface area (Å²) < 4.78 is 0. The van der Waals surface area contributed by atoms with Gasteiger partial charge >= 0.3 is 0 Å².